The summed E-state index contributed by atoms with van der Waals surface area (Å²) in [7, 11) is 16.3. The number of rotatable bonds is 4. The van der Waals surface area contributed by atoms with E-state index in [2.05, 4.69) is 75.1 Å². The summed E-state index contributed by atoms with van der Waals surface area (Å²) in [5.41, 5.74) is 1.42. The number of allylic oxidation sites excluding steroid dienone is 1. The fourth-order valence-corrected chi connectivity index (χ4v) is 2.54. The van der Waals surface area contributed by atoms with Crippen molar-refractivity contribution in [1.82, 2.24) is 19.6 Å². The van der Waals surface area contributed by atoms with Gasteiger partial charge in [-0.3, -0.25) is 0 Å². The smallest absolute Gasteiger partial charge is 0 e. The van der Waals surface area contributed by atoms with Gasteiger partial charge in [-0.2, -0.15) is 7.05 Å². The van der Waals surface area contributed by atoms with E-state index in [1.165, 1.54) is 63.9 Å². The van der Waals surface area contributed by atoms with Crippen molar-refractivity contribution in [2.75, 3.05) is 95.6 Å². The molecule has 0 aromatic rings. The predicted molar refractivity (Wildman–Crippen MR) is 140 cm³/mol. The molecule has 1 radical (unpaired) electrons. The normalized spacial score (nSPS) is 16.5. The van der Waals surface area contributed by atoms with Crippen LogP contribution in [0.4, 0.5) is 0 Å². The molecule has 0 unspecified atom stereocenters. The monoisotopic (exact) mass is 517 g/mol. The number of likely N-dealkylation sites (tertiary alicyclic amines) is 2. The van der Waals surface area contributed by atoms with Crippen molar-refractivity contribution >= 4 is 0 Å². The van der Waals surface area contributed by atoms with Gasteiger partial charge in [0.15, 0.2) is 0 Å². The first-order valence-electron chi connectivity index (χ1n) is 12.0. The van der Waals surface area contributed by atoms with Gasteiger partial charge in [0.2, 0.25) is 0 Å². The van der Waals surface area contributed by atoms with Gasteiger partial charge in [0, 0.05) is 32.7 Å². The topological polar surface area (TPSA) is 27.1 Å². The molecule has 5 nitrogen and oxygen atoms in total. The van der Waals surface area contributed by atoms with Crippen LogP contribution in [0.3, 0.4) is 0 Å². The molecular formula is C25H58N5Y-. The molecule has 0 saturated carbocycles. The predicted octanol–water partition coefficient (Wildman–Crippen LogP) is 4.90. The van der Waals surface area contributed by atoms with Crippen LogP contribution in [0.15, 0.2) is 11.6 Å². The van der Waals surface area contributed by atoms with E-state index in [-0.39, 0.29) is 32.7 Å². The van der Waals surface area contributed by atoms with Crippen molar-refractivity contribution in [1.29, 1.82) is 0 Å². The maximum atomic E-state index is 4.01. The molecule has 187 valence electrons. The second-order valence-electron chi connectivity index (χ2n) is 8.89. The zero-order chi connectivity index (χ0) is 23.8. The molecule has 0 aromatic carbocycles. The zero-order valence-electron chi connectivity index (χ0n) is 23.4. The second kappa shape index (κ2) is 30.6. The number of hydrogen-bond acceptors (Lipinski definition) is 4. The Morgan fingerprint density at radius 3 is 1.23 bits per heavy atom. The first kappa shape index (κ1) is 38.9. The van der Waals surface area contributed by atoms with Crippen molar-refractivity contribution in [3.8, 4) is 0 Å². The largest absolute Gasteiger partial charge is 0.661 e. The summed E-state index contributed by atoms with van der Waals surface area (Å²) in [6.07, 6.45) is 10.4. The minimum atomic E-state index is 0. The SMILES string of the molecule is CC=C(CC)C[N-]C.CCN(C)C.CN(C)C.CN1CCCC1.CN1CCCCC1.[Y]. The summed E-state index contributed by atoms with van der Waals surface area (Å²) < 4.78 is 0. The van der Waals surface area contributed by atoms with Crippen molar-refractivity contribution in [2.24, 2.45) is 0 Å². The van der Waals surface area contributed by atoms with Crippen LogP contribution in [-0.2, 0) is 32.7 Å². The third kappa shape index (κ3) is 41.4. The van der Waals surface area contributed by atoms with Gasteiger partial charge in [0.05, 0.1) is 0 Å². The molecular weight excluding hydrogens is 459 g/mol. The van der Waals surface area contributed by atoms with E-state index in [0.717, 1.165) is 19.5 Å². The van der Waals surface area contributed by atoms with Gasteiger partial charge in [0.1, 0.15) is 0 Å². The summed E-state index contributed by atoms with van der Waals surface area (Å²) in [6, 6.07) is 0. The van der Waals surface area contributed by atoms with Gasteiger partial charge < -0.3 is 24.9 Å². The van der Waals surface area contributed by atoms with Crippen molar-refractivity contribution in [3.05, 3.63) is 17.0 Å². The number of piperidine rings is 1. The van der Waals surface area contributed by atoms with Gasteiger partial charge >= 0.3 is 0 Å². The first-order valence-corrected chi connectivity index (χ1v) is 12.0. The molecule has 2 rings (SSSR count). The molecule has 2 saturated heterocycles. The summed E-state index contributed by atoms with van der Waals surface area (Å²) in [4.78, 5) is 8.88. The van der Waals surface area contributed by atoms with Crippen LogP contribution in [0.1, 0.15) is 59.3 Å². The Labute approximate surface area is 223 Å². The number of likely N-dealkylation sites (N-methyl/N-ethyl adjacent to an activating group) is 1. The first-order chi connectivity index (χ1) is 14.1. The molecule has 31 heavy (non-hydrogen) atoms. The minimum absolute atomic E-state index is 0. The average Bonchev–Trinajstić information content (AvgIpc) is 3.18. The molecule has 0 bridgehead atoms. The summed E-state index contributed by atoms with van der Waals surface area (Å²) in [5, 5.41) is 4.01. The van der Waals surface area contributed by atoms with Crippen LogP contribution < -0.4 is 0 Å². The Bertz CT molecular complexity index is 334. The zero-order valence-corrected chi connectivity index (χ0v) is 26.2. The van der Waals surface area contributed by atoms with Crippen LogP contribution in [0.25, 0.3) is 5.32 Å². The van der Waals surface area contributed by atoms with E-state index in [4.69, 9.17) is 0 Å². The van der Waals surface area contributed by atoms with Crippen LogP contribution >= 0.6 is 0 Å². The van der Waals surface area contributed by atoms with Crippen LogP contribution in [0.5, 0.6) is 0 Å². The van der Waals surface area contributed by atoms with Crippen LogP contribution in [-0.4, -0.2) is 115 Å². The van der Waals surface area contributed by atoms with Crippen LogP contribution in [0.2, 0.25) is 0 Å². The standard InChI is InChI=1S/C7H14N.C6H13N.C5H11N.C4H11N.C3H9N.Y/c1-4-7(5-2)6-8-3;1-7-5-3-2-4-6-7;1-6-4-2-3-5-6;1-4-5(2)3;1-4(2)3;/h4H,5-6H2,1-3H3;2-6H2,1H3;2-5H2,1H3;4H2,1-3H3;1-3H3;/q-1;;;;;. The van der Waals surface area contributed by atoms with E-state index in [1.807, 2.05) is 33.1 Å². The quantitative estimate of drug-likeness (QED) is 0.496. The van der Waals surface area contributed by atoms with Gasteiger partial charge in [-0.05, 0) is 121 Å². The Balaban J connectivity index is -0.000000149. The molecule has 0 aliphatic carbocycles. The average molecular weight is 518 g/mol. The second-order valence-corrected chi connectivity index (χ2v) is 8.89. The molecule has 2 aliphatic heterocycles. The molecule has 2 fully saturated rings. The maximum Gasteiger partial charge on any atom is 0 e. The number of hydrogen-bond donors (Lipinski definition) is 0. The van der Waals surface area contributed by atoms with Gasteiger partial charge in [-0.15, -0.1) is 6.54 Å². The Morgan fingerprint density at radius 1 is 0.806 bits per heavy atom. The molecule has 0 N–H and O–H groups in total. The Kier molecular flexibility index (Phi) is 38.4. The third-order valence-electron chi connectivity index (χ3n) is 4.77. The number of nitrogens with zero attached hydrogens (tertiary/aromatic N) is 5. The maximum absolute atomic E-state index is 4.01. The molecule has 0 aromatic heterocycles. The van der Waals surface area contributed by atoms with Gasteiger partial charge in [0.25, 0.3) is 0 Å². The Hall–Kier alpha value is 0.644. The van der Waals surface area contributed by atoms with E-state index in [1.54, 1.807) is 0 Å². The molecule has 6 heteroatoms. The molecule has 0 spiro atoms. The van der Waals surface area contributed by atoms with Gasteiger partial charge in [-0.1, -0.05) is 31.9 Å². The van der Waals surface area contributed by atoms with Crippen LogP contribution in [0, 0.1) is 0 Å². The molecule has 0 atom stereocenters. The summed E-state index contributed by atoms with van der Waals surface area (Å²) in [6.45, 7) is 13.7. The van der Waals surface area contributed by atoms with Crippen molar-refractivity contribution < 1.29 is 32.7 Å². The third-order valence-corrected chi connectivity index (χ3v) is 4.77. The Morgan fingerprint density at radius 2 is 1.13 bits per heavy atom. The molecule has 2 aliphatic rings. The van der Waals surface area contributed by atoms with Crippen molar-refractivity contribution in [3.63, 3.8) is 0 Å². The van der Waals surface area contributed by atoms with E-state index < -0.39 is 0 Å². The van der Waals surface area contributed by atoms with Crippen molar-refractivity contribution in [2.45, 2.75) is 59.3 Å². The van der Waals surface area contributed by atoms with E-state index in [0.29, 0.717) is 0 Å². The minimum Gasteiger partial charge on any atom is -0.661 e. The summed E-state index contributed by atoms with van der Waals surface area (Å²) >= 11 is 0. The van der Waals surface area contributed by atoms with E-state index >= 15 is 0 Å². The molecule has 2 heterocycles. The fourth-order valence-electron chi connectivity index (χ4n) is 2.54. The van der Waals surface area contributed by atoms with E-state index in [9.17, 15) is 0 Å². The molecule has 0 amide bonds. The summed E-state index contributed by atoms with van der Waals surface area (Å²) in [5.74, 6) is 0. The fraction of sp³-hybridized carbons (Fsp3) is 0.920. The van der Waals surface area contributed by atoms with Gasteiger partial charge in [-0.25, -0.2) is 0 Å².